The van der Waals surface area contributed by atoms with E-state index in [1.165, 1.54) is 6.33 Å². The Morgan fingerprint density at radius 1 is 1.44 bits per heavy atom. The molecule has 1 aromatic heterocycles. The minimum atomic E-state index is -0.585. The molecule has 1 unspecified atom stereocenters. The molecule has 7 nitrogen and oxygen atoms in total. The highest BCUT2D eigenvalue weighted by Crippen LogP contribution is 2.30. The third-order valence-electron chi connectivity index (χ3n) is 2.43. The molecular formula is C11H20N4O3. The fourth-order valence-electron chi connectivity index (χ4n) is 1.65. The zero-order valence-electron chi connectivity index (χ0n) is 11.2. The first-order chi connectivity index (χ1) is 8.63. The van der Waals surface area contributed by atoms with Crippen molar-refractivity contribution >= 4 is 11.6 Å². The highest BCUT2D eigenvalue weighted by atomic mass is 16.5. The summed E-state index contributed by atoms with van der Waals surface area (Å²) in [6, 6.07) is 0. The molecule has 0 aromatic carbocycles. The van der Waals surface area contributed by atoms with Crippen LogP contribution in [0.1, 0.15) is 0 Å². The van der Waals surface area contributed by atoms with E-state index in [-0.39, 0.29) is 6.61 Å². The quantitative estimate of drug-likeness (QED) is 0.709. The Bertz CT molecular complexity index is 375. The van der Waals surface area contributed by atoms with Crippen LogP contribution in [0, 0.1) is 0 Å². The van der Waals surface area contributed by atoms with Crippen molar-refractivity contribution in [3.63, 3.8) is 0 Å². The summed E-state index contributed by atoms with van der Waals surface area (Å²) < 4.78 is 10.2. The molecular weight excluding hydrogens is 236 g/mol. The second-order valence-electron chi connectivity index (χ2n) is 3.82. The Labute approximate surface area is 107 Å². The normalized spacial score (nSPS) is 12.1. The molecule has 0 fully saturated rings. The molecule has 102 valence electrons. The van der Waals surface area contributed by atoms with E-state index in [1.54, 1.807) is 26.2 Å². The van der Waals surface area contributed by atoms with Gasteiger partial charge in [-0.1, -0.05) is 0 Å². The molecule has 1 rings (SSSR count). The van der Waals surface area contributed by atoms with Crippen molar-refractivity contribution in [3.05, 3.63) is 6.33 Å². The van der Waals surface area contributed by atoms with Crippen LogP contribution in [0.15, 0.2) is 6.33 Å². The van der Waals surface area contributed by atoms with Crippen molar-refractivity contribution in [2.75, 3.05) is 51.7 Å². The van der Waals surface area contributed by atoms with E-state index in [1.807, 2.05) is 7.05 Å². The summed E-state index contributed by atoms with van der Waals surface area (Å²) in [6.07, 6.45) is 0.862. The van der Waals surface area contributed by atoms with Crippen molar-refractivity contribution in [2.24, 2.45) is 0 Å². The SMILES string of the molecule is CNc1ncnc(N(C)CC(O)COC)c1OC. The van der Waals surface area contributed by atoms with Crippen LogP contribution in [0.5, 0.6) is 5.75 Å². The molecule has 1 aromatic rings. The molecule has 0 saturated heterocycles. The van der Waals surface area contributed by atoms with Crippen molar-refractivity contribution in [2.45, 2.75) is 6.10 Å². The molecule has 18 heavy (non-hydrogen) atoms. The highest BCUT2D eigenvalue weighted by Gasteiger charge is 2.17. The van der Waals surface area contributed by atoms with Gasteiger partial charge < -0.3 is 24.8 Å². The summed E-state index contributed by atoms with van der Waals surface area (Å²) in [7, 11) is 6.69. The number of nitrogens with one attached hydrogen (secondary N) is 1. The fourth-order valence-corrected chi connectivity index (χ4v) is 1.65. The molecule has 7 heteroatoms. The minimum absolute atomic E-state index is 0.274. The molecule has 0 bridgehead atoms. The van der Waals surface area contributed by atoms with Gasteiger partial charge in [0.05, 0.1) is 19.8 Å². The van der Waals surface area contributed by atoms with Crippen LogP contribution in [-0.4, -0.2) is 62.6 Å². The molecule has 0 aliphatic rings. The van der Waals surface area contributed by atoms with Crippen LogP contribution in [0.25, 0.3) is 0 Å². The maximum atomic E-state index is 9.70. The molecule has 1 heterocycles. The van der Waals surface area contributed by atoms with Crippen LogP contribution in [0.2, 0.25) is 0 Å². The maximum Gasteiger partial charge on any atom is 0.204 e. The monoisotopic (exact) mass is 256 g/mol. The van der Waals surface area contributed by atoms with Crippen molar-refractivity contribution in [1.29, 1.82) is 0 Å². The number of nitrogens with zero attached hydrogens (tertiary/aromatic N) is 3. The Balaban J connectivity index is 2.87. The predicted octanol–water partition coefficient (Wildman–Crippen LogP) is -0.0296. The minimum Gasteiger partial charge on any atom is -0.490 e. The van der Waals surface area contributed by atoms with Crippen LogP contribution in [-0.2, 0) is 4.74 Å². The van der Waals surface area contributed by atoms with E-state index in [9.17, 15) is 5.11 Å². The number of methoxy groups -OCH3 is 2. The van der Waals surface area contributed by atoms with Crippen molar-refractivity contribution in [1.82, 2.24) is 9.97 Å². The Hall–Kier alpha value is -1.60. The molecule has 0 saturated carbocycles. The summed E-state index contributed by atoms with van der Waals surface area (Å²) in [4.78, 5) is 10.0. The number of ether oxygens (including phenoxy) is 2. The summed E-state index contributed by atoms with van der Waals surface area (Å²) in [5.41, 5.74) is 0. The number of rotatable bonds is 7. The van der Waals surface area contributed by atoms with E-state index in [0.29, 0.717) is 23.9 Å². The van der Waals surface area contributed by atoms with Gasteiger partial charge in [0.1, 0.15) is 6.33 Å². The lowest BCUT2D eigenvalue weighted by Gasteiger charge is -2.23. The molecule has 0 aliphatic carbocycles. The van der Waals surface area contributed by atoms with Crippen LogP contribution < -0.4 is 15.0 Å². The third-order valence-corrected chi connectivity index (χ3v) is 2.43. The summed E-state index contributed by atoms with van der Waals surface area (Å²) >= 11 is 0. The maximum absolute atomic E-state index is 9.70. The van der Waals surface area contributed by atoms with Gasteiger partial charge in [0.15, 0.2) is 11.6 Å². The Morgan fingerprint density at radius 3 is 2.72 bits per heavy atom. The summed E-state index contributed by atoms with van der Waals surface area (Å²) in [5, 5.41) is 12.6. The van der Waals surface area contributed by atoms with Gasteiger partial charge in [0.25, 0.3) is 0 Å². The van der Waals surface area contributed by atoms with E-state index in [4.69, 9.17) is 9.47 Å². The molecule has 0 aliphatic heterocycles. The van der Waals surface area contributed by atoms with Crippen LogP contribution in [0.4, 0.5) is 11.6 Å². The number of hydrogen-bond donors (Lipinski definition) is 2. The topological polar surface area (TPSA) is 79.7 Å². The smallest absolute Gasteiger partial charge is 0.204 e. The Kier molecular flexibility index (Phi) is 5.60. The van der Waals surface area contributed by atoms with Crippen molar-refractivity contribution in [3.8, 4) is 5.75 Å². The average Bonchev–Trinajstić information content (AvgIpc) is 2.37. The number of anilines is 2. The number of aliphatic hydroxyl groups excluding tert-OH is 1. The molecule has 1 atom stereocenters. The molecule has 0 amide bonds. The molecule has 2 N–H and O–H groups in total. The molecule has 0 radical (unpaired) electrons. The lowest BCUT2D eigenvalue weighted by Crippen LogP contribution is -2.32. The van der Waals surface area contributed by atoms with E-state index < -0.39 is 6.10 Å². The van der Waals surface area contributed by atoms with E-state index in [2.05, 4.69) is 15.3 Å². The summed E-state index contributed by atoms with van der Waals surface area (Å²) in [5.74, 6) is 1.77. The number of hydrogen-bond acceptors (Lipinski definition) is 7. The van der Waals surface area contributed by atoms with Crippen LogP contribution in [0.3, 0.4) is 0 Å². The highest BCUT2D eigenvalue weighted by molar-refractivity contribution is 5.64. The van der Waals surface area contributed by atoms with Gasteiger partial charge in [-0.05, 0) is 0 Å². The zero-order chi connectivity index (χ0) is 13.5. The first-order valence-corrected chi connectivity index (χ1v) is 5.58. The van der Waals surface area contributed by atoms with Gasteiger partial charge in [-0.15, -0.1) is 0 Å². The van der Waals surface area contributed by atoms with Gasteiger partial charge >= 0.3 is 0 Å². The predicted molar refractivity (Wildman–Crippen MR) is 69.3 cm³/mol. The number of likely N-dealkylation sites (N-methyl/N-ethyl adjacent to an activating group) is 1. The van der Waals surface area contributed by atoms with E-state index in [0.717, 1.165) is 0 Å². The van der Waals surface area contributed by atoms with Gasteiger partial charge in [-0.3, -0.25) is 0 Å². The number of aliphatic hydroxyl groups is 1. The van der Waals surface area contributed by atoms with E-state index >= 15 is 0 Å². The lowest BCUT2D eigenvalue weighted by molar-refractivity contribution is 0.0693. The lowest BCUT2D eigenvalue weighted by atomic mass is 10.3. The van der Waals surface area contributed by atoms with Crippen LogP contribution >= 0.6 is 0 Å². The summed E-state index contributed by atoms with van der Waals surface area (Å²) in [6.45, 7) is 0.668. The van der Waals surface area contributed by atoms with Gasteiger partial charge in [-0.2, -0.15) is 0 Å². The first kappa shape index (κ1) is 14.5. The largest absolute Gasteiger partial charge is 0.490 e. The molecule has 0 spiro atoms. The fraction of sp³-hybridized carbons (Fsp3) is 0.636. The zero-order valence-corrected chi connectivity index (χ0v) is 11.2. The third kappa shape index (κ3) is 3.44. The van der Waals surface area contributed by atoms with Gasteiger partial charge in [0.2, 0.25) is 5.75 Å². The first-order valence-electron chi connectivity index (χ1n) is 5.58. The van der Waals surface area contributed by atoms with Gasteiger partial charge in [-0.25, -0.2) is 9.97 Å². The average molecular weight is 256 g/mol. The Morgan fingerprint density at radius 2 is 2.17 bits per heavy atom. The van der Waals surface area contributed by atoms with Gasteiger partial charge in [0, 0.05) is 27.7 Å². The second kappa shape index (κ2) is 6.97. The standard InChI is InChI=1S/C11H20N4O3/c1-12-10-9(18-4)11(14-7-13-10)15(2)5-8(16)6-17-3/h7-8,16H,5-6H2,1-4H3,(H,12,13,14). The van der Waals surface area contributed by atoms with Crippen molar-refractivity contribution < 1.29 is 14.6 Å². The second-order valence-corrected chi connectivity index (χ2v) is 3.82. The number of aromatic nitrogens is 2.